The van der Waals surface area contributed by atoms with Gasteiger partial charge in [0.25, 0.3) is 0 Å². The standard InChI is InChI=1S/C16H23ClFN/c1-3-11-4-6-12(7-5-11)16(19-2)14-10-13(17)8-9-15(14)18/h8-12,16,19H,3-7H2,1-2H3. The molecule has 1 nitrogen and oxygen atoms in total. The number of hydrogen-bond donors (Lipinski definition) is 1. The number of nitrogens with one attached hydrogen (secondary N) is 1. The van der Waals surface area contributed by atoms with Crippen LogP contribution in [0.2, 0.25) is 5.02 Å². The number of hydrogen-bond acceptors (Lipinski definition) is 1. The van der Waals surface area contributed by atoms with Gasteiger partial charge in [-0.25, -0.2) is 4.39 Å². The largest absolute Gasteiger partial charge is 0.313 e. The molecule has 1 saturated carbocycles. The second-order valence-electron chi connectivity index (χ2n) is 5.62. The third-order valence-corrected chi connectivity index (χ3v) is 4.78. The second-order valence-corrected chi connectivity index (χ2v) is 6.06. The zero-order valence-corrected chi connectivity index (χ0v) is 12.5. The Hall–Kier alpha value is -0.600. The summed E-state index contributed by atoms with van der Waals surface area (Å²) in [5.41, 5.74) is 0.718. The summed E-state index contributed by atoms with van der Waals surface area (Å²) in [7, 11) is 1.91. The average molecular weight is 284 g/mol. The smallest absolute Gasteiger partial charge is 0.128 e. The van der Waals surface area contributed by atoms with Crippen LogP contribution in [0.25, 0.3) is 0 Å². The van der Waals surface area contributed by atoms with Gasteiger partial charge < -0.3 is 5.32 Å². The van der Waals surface area contributed by atoms with E-state index in [1.807, 2.05) is 7.05 Å². The van der Waals surface area contributed by atoms with Gasteiger partial charge in [0, 0.05) is 16.6 Å². The van der Waals surface area contributed by atoms with E-state index in [2.05, 4.69) is 12.2 Å². The fourth-order valence-electron chi connectivity index (χ4n) is 3.33. The minimum absolute atomic E-state index is 0.0801. The highest BCUT2D eigenvalue weighted by atomic mass is 35.5. The molecule has 0 saturated heterocycles. The maximum Gasteiger partial charge on any atom is 0.128 e. The fraction of sp³-hybridized carbons (Fsp3) is 0.625. The molecule has 1 aliphatic carbocycles. The maximum atomic E-state index is 14.0. The molecule has 0 spiro atoms. The Labute approximate surface area is 120 Å². The van der Waals surface area contributed by atoms with Gasteiger partial charge in [0.05, 0.1) is 0 Å². The first-order chi connectivity index (χ1) is 9.15. The van der Waals surface area contributed by atoms with Crippen LogP contribution < -0.4 is 5.32 Å². The molecule has 1 fully saturated rings. The van der Waals surface area contributed by atoms with Gasteiger partial charge in [0.2, 0.25) is 0 Å². The van der Waals surface area contributed by atoms with E-state index in [0.29, 0.717) is 10.9 Å². The van der Waals surface area contributed by atoms with E-state index >= 15 is 0 Å². The third-order valence-electron chi connectivity index (χ3n) is 4.54. The lowest BCUT2D eigenvalue weighted by Crippen LogP contribution is -2.29. The van der Waals surface area contributed by atoms with Gasteiger partial charge in [-0.1, -0.05) is 37.8 Å². The summed E-state index contributed by atoms with van der Waals surface area (Å²) in [6.07, 6.45) is 6.15. The van der Waals surface area contributed by atoms with Crippen molar-refractivity contribution in [1.82, 2.24) is 5.32 Å². The summed E-state index contributed by atoms with van der Waals surface area (Å²) in [5, 5.41) is 3.90. The highest BCUT2D eigenvalue weighted by molar-refractivity contribution is 6.30. The minimum atomic E-state index is -0.152. The van der Waals surface area contributed by atoms with Crippen LogP contribution in [0.3, 0.4) is 0 Å². The highest BCUT2D eigenvalue weighted by Crippen LogP contribution is 2.38. The molecule has 0 aromatic heterocycles. The molecular formula is C16H23ClFN. The molecular weight excluding hydrogens is 261 g/mol. The van der Waals surface area contributed by atoms with Crippen molar-refractivity contribution in [2.24, 2.45) is 11.8 Å². The van der Waals surface area contributed by atoms with Crippen molar-refractivity contribution in [3.63, 3.8) is 0 Å². The molecule has 19 heavy (non-hydrogen) atoms. The average Bonchev–Trinajstić information content (AvgIpc) is 2.44. The Morgan fingerprint density at radius 3 is 2.58 bits per heavy atom. The van der Waals surface area contributed by atoms with Gasteiger partial charge in [0.15, 0.2) is 0 Å². The second kappa shape index (κ2) is 6.71. The van der Waals surface area contributed by atoms with Crippen molar-refractivity contribution < 1.29 is 4.39 Å². The molecule has 1 aromatic rings. The summed E-state index contributed by atoms with van der Waals surface area (Å²) in [6, 6.07) is 4.93. The van der Waals surface area contributed by atoms with Crippen molar-refractivity contribution in [3.8, 4) is 0 Å². The Morgan fingerprint density at radius 1 is 1.32 bits per heavy atom. The lowest BCUT2D eigenvalue weighted by Gasteiger charge is -2.34. The first-order valence-corrected chi connectivity index (χ1v) is 7.65. The number of benzene rings is 1. The van der Waals surface area contributed by atoms with Crippen molar-refractivity contribution in [3.05, 3.63) is 34.6 Å². The zero-order valence-electron chi connectivity index (χ0n) is 11.8. The molecule has 0 radical (unpaired) electrons. The van der Waals surface area contributed by atoms with Gasteiger partial charge >= 0.3 is 0 Å². The van der Waals surface area contributed by atoms with Crippen molar-refractivity contribution in [1.29, 1.82) is 0 Å². The molecule has 1 atom stereocenters. The summed E-state index contributed by atoms with van der Waals surface area (Å²) in [6.45, 7) is 2.26. The first-order valence-electron chi connectivity index (χ1n) is 7.28. The van der Waals surface area contributed by atoms with Crippen molar-refractivity contribution in [2.75, 3.05) is 7.05 Å². The Kier molecular flexibility index (Phi) is 5.23. The molecule has 106 valence electrons. The summed E-state index contributed by atoms with van der Waals surface area (Å²) in [4.78, 5) is 0. The van der Waals surface area contributed by atoms with Gasteiger partial charge in [-0.3, -0.25) is 0 Å². The molecule has 0 heterocycles. The molecule has 1 aliphatic rings. The molecule has 1 N–H and O–H groups in total. The van der Waals surface area contributed by atoms with Crippen LogP contribution in [0, 0.1) is 17.7 Å². The van der Waals surface area contributed by atoms with Crippen LogP contribution in [0.1, 0.15) is 50.6 Å². The topological polar surface area (TPSA) is 12.0 Å². The van der Waals surface area contributed by atoms with E-state index in [0.717, 1.165) is 11.5 Å². The Bertz CT molecular complexity index is 413. The lowest BCUT2D eigenvalue weighted by molar-refractivity contribution is 0.221. The van der Waals surface area contributed by atoms with Crippen molar-refractivity contribution >= 4 is 11.6 Å². The summed E-state index contributed by atoms with van der Waals surface area (Å²) < 4.78 is 14.0. The Balaban J connectivity index is 2.14. The van der Waals surface area contributed by atoms with Crippen LogP contribution in [0.4, 0.5) is 4.39 Å². The van der Waals surface area contributed by atoms with E-state index in [1.165, 1.54) is 38.2 Å². The molecule has 2 rings (SSSR count). The molecule has 3 heteroatoms. The molecule has 1 aromatic carbocycles. The molecule has 0 aliphatic heterocycles. The predicted octanol–water partition coefficient (Wildman–Crippen LogP) is 4.96. The SMILES string of the molecule is CCC1CCC(C(NC)c2cc(Cl)ccc2F)CC1. The van der Waals surface area contributed by atoms with Gasteiger partial charge in [-0.05, 0) is 49.9 Å². The van der Waals surface area contributed by atoms with Crippen LogP contribution in [-0.4, -0.2) is 7.05 Å². The van der Waals surface area contributed by atoms with E-state index in [1.54, 1.807) is 12.1 Å². The summed E-state index contributed by atoms with van der Waals surface area (Å²) in [5.74, 6) is 1.22. The third kappa shape index (κ3) is 3.49. The van der Waals surface area contributed by atoms with Crippen molar-refractivity contribution in [2.45, 2.75) is 45.1 Å². The summed E-state index contributed by atoms with van der Waals surface area (Å²) >= 11 is 6.01. The lowest BCUT2D eigenvalue weighted by atomic mass is 9.76. The van der Waals surface area contributed by atoms with Crippen LogP contribution in [-0.2, 0) is 0 Å². The highest BCUT2D eigenvalue weighted by Gasteiger charge is 2.28. The van der Waals surface area contributed by atoms with Crippen LogP contribution >= 0.6 is 11.6 Å². The molecule has 1 unspecified atom stereocenters. The monoisotopic (exact) mass is 283 g/mol. The van der Waals surface area contributed by atoms with Crippen LogP contribution in [0.15, 0.2) is 18.2 Å². The number of rotatable bonds is 4. The minimum Gasteiger partial charge on any atom is -0.313 e. The van der Waals surface area contributed by atoms with Gasteiger partial charge in [-0.15, -0.1) is 0 Å². The van der Waals surface area contributed by atoms with E-state index in [-0.39, 0.29) is 11.9 Å². The first kappa shape index (κ1) is 14.8. The molecule has 0 amide bonds. The van der Waals surface area contributed by atoms with Crippen LogP contribution in [0.5, 0.6) is 0 Å². The zero-order chi connectivity index (χ0) is 13.8. The number of halogens is 2. The van der Waals surface area contributed by atoms with E-state index in [9.17, 15) is 4.39 Å². The van der Waals surface area contributed by atoms with Gasteiger partial charge in [0.1, 0.15) is 5.82 Å². The van der Waals surface area contributed by atoms with E-state index in [4.69, 9.17) is 11.6 Å². The fourth-order valence-corrected chi connectivity index (χ4v) is 3.51. The van der Waals surface area contributed by atoms with E-state index < -0.39 is 0 Å². The molecule has 0 bridgehead atoms. The van der Waals surface area contributed by atoms with Gasteiger partial charge in [-0.2, -0.15) is 0 Å². The normalized spacial score (nSPS) is 25.3. The Morgan fingerprint density at radius 2 is 2.00 bits per heavy atom. The maximum absolute atomic E-state index is 14.0. The predicted molar refractivity (Wildman–Crippen MR) is 78.9 cm³/mol. The quantitative estimate of drug-likeness (QED) is 0.824.